The first-order chi connectivity index (χ1) is 10.8. The molecule has 1 amide bonds. The highest BCUT2D eigenvalue weighted by Crippen LogP contribution is 2.37. The third-order valence-electron chi connectivity index (χ3n) is 3.88. The average Bonchev–Trinajstić information content (AvgIpc) is 2.99. The highest BCUT2D eigenvalue weighted by Gasteiger charge is 2.28. The monoisotopic (exact) mass is 306 g/mol. The average molecular weight is 306 g/mol. The van der Waals surface area contributed by atoms with Crippen LogP contribution in [0.2, 0.25) is 0 Å². The summed E-state index contributed by atoms with van der Waals surface area (Å²) in [6.45, 7) is 0. The summed E-state index contributed by atoms with van der Waals surface area (Å²) in [6.07, 6.45) is 4.35. The highest BCUT2D eigenvalue weighted by molar-refractivity contribution is 8.01. The van der Waals surface area contributed by atoms with Crippen molar-refractivity contribution in [3.05, 3.63) is 66.5 Å². The molecule has 0 fully saturated rings. The van der Waals surface area contributed by atoms with Crippen molar-refractivity contribution in [1.29, 1.82) is 0 Å². The van der Waals surface area contributed by atoms with E-state index in [0.29, 0.717) is 0 Å². The largest absolute Gasteiger partial charge is 0.325 e. The van der Waals surface area contributed by atoms with Crippen molar-refractivity contribution in [3.63, 3.8) is 0 Å². The molecule has 1 aliphatic heterocycles. The van der Waals surface area contributed by atoms with E-state index in [1.54, 1.807) is 18.0 Å². The molecule has 0 spiro atoms. The van der Waals surface area contributed by atoms with Gasteiger partial charge in [0.05, 0.1) is 5.25 Å². The van der Waals surface area contributed by atoms with Gasteiger partial charge in [0.1, 0.15) is 0 Å². The Morgan fingerprint density at radius 1 is 1.14 bits per heavy atom. The molecule has 3 aromatic rings. The van der Waals surface area contributed by atoms with E-state index in [4.69, 9.17) is 0 Å². The number of amides is 1. The molecule has 4 rings (SSSR count). The number of anilines is 1. The van der Waals surface area contributed by atoms with Gasteiger partial charge in [-0.05, 0) is 30.2 Å². The van der Waals surface area contributed by atoms with Crippen LogP contribution in [-0.4, -0.2) is 16.1 Å². The zero-order chi connectivity index (χ0) is 14.9. The minimum Gasteiger partial charge on any atom is -0.325 e. The number of hydrogen-bond acceptors (Lipinski definition) is 3. The van der Waals surface area contributed by atoms with E-state index in [2.05, 4.69) is 22.4 Å². The van der Waals surface area contributed by atoms with Crippen LogP contribution in [-0.2, 0) is 11.2 Å². The highest BCUT2D eigenvalue weighted by atomic mass is 32.2. The molecule has 1 N–H and O–H groups in total. The van der Waals surface area contributed by atoms with Crippen LogP contribution in [0.1, 0.15) is 5.56 Å². The van der Waals surface area contributed by atoms with Crippen LogP contribution < -0.4 is 5.32 Å². The number of aromatic nitrogens is 1. The SMILES string of the molecule is O=C(Nc1cccc2cnccc12)[C@H]1Cc2ccccc2S1. The molecule has 2 aromatic carbocycles. The van der Waals surface area contributed by atoms with E-state index in [1.165, 1.54) is 10.5 Å². The number of fused-ring (bicyclic) bond motifs is 2. The number of thioether (sulfide) groups is 1. The van der Waals surface area contributed by atoms with Gasteiger partial charge in [-0.2, -0.15) is 0 Å². The summed E-state index contributed by atoms with van der Waals surface area (Å²) in [4.78, 5) is 17.9. The molecule has 0 aliphatic carbocycles. The molecule has 2 heterocycles. The van der Waals surface area contributed by atoms with Crippen LogP contribution in [0.15, 0.2) is 65.8 Å². The molecule has 22 heavy (non-hydrogen) atoms. The third kappa shape index (κ3) is 2.35. The first-order valence-corrected chi connectivity index (χ1v) is 8.07. The van der Waals surface area contributed by atoms with Gasteiger partial charge >= 0.3 is 0 Å². The molecule has 0 saturated heterocycles. The number of benzene rings is 2. The lowest BCUT2D eigenvalue weighted by atomic mass is 10.1. The predicted octanol–water partition coefficient (Wildman–Crippen LogP) is 3.89. The maximum Gasteiger partial charge on any atom is 0.238 e. The minimum atomic E-state index is -0.0607. The van der Waals surface area contributed by atoms with Crippen molar-refractivity contribution < 1.29 is 4.79 Å². The van der Waals surface area contributed by atoms with Crippen LogP contribution in [0, 0.1) is 0 Å². The van der Waals surface area contributed by atoms with Crippen LogP contribution in [0.5, 0.6) is 0 Å². The summed E-state index contributed by atoms with van der Waals surface area (Å²) in [7, 11) is 0. The summed E-state index contributed by atoms with van der Waals surface area (Å²) in [5, 5.41) is 5.06. The number of rotatable bonds is 2. The summed E-state index contributed by atoms with van der Waals surface area (Å²) in [5.74, 6) is 0.0607. The van der Waals surface area contributed by atoms with Gasteiger partial charge in [-0.15, -0.1) is 11.8 Å². The van der Waals surface area contributed by atoms with Gasteiger partial charge in [0, 0.05) is 33.7 Å². The Kier molecular flexibility index (Phi) is 3.31. The molecule has 1 aliphatic rings. The molecule has 0 saturated carbocycles. The van der Waals surface area contributed by atoms with Gasteiger partial charge in [0.25, 0.3) is 0 Å². The van der Waals surface area contributed by atoms with E-state index in [1.807, 2.05) is 42.6 Å². The normalized spacial score (nSPS) is 16.5. The Morgan fingerprint density at radius 2 is 2.05 bits per heavy atom. The lowest BCUT2D eigenvalue weighted by molar-refractivity contribution is -0.115. The summed E-state index contributed by atoms with van der Waals surface area (Å²) < 4.78 is 0. The van der Waals surface area contributed by atoms with Crippen molar-refractivity contribution in [2.75, 3.05) is 5.32 Å². The van der Waals surface area contributed by atoms with E-state index >= 15 is 0 Å². The predicted molar refractivity (Wildman–Crippen MR) is 90.2 cm³/mol. The van der Waals surface area contributed by atoms with Gasteiger partial charge < -0.3 is 5.32 Å². The van der Waals surface area contributed by atoms with Gasteiger partial charge in [0.15, 0.2) is 0 Å². The second kappa shape index (κ2) is 5.46. The number of carbonyl (C=O) groups is 1. The van der Waals surface area contributed by atoms with Crippen molar-refractivity contribution in [1.82, 2.24) is 4.98 Å². The fraction of sp³-hybridized carbons (Fsp3) is 0.111. The van der Waals surface area contributed by atoms with Crippen molar-refractivity contribution >= 4 is 34.1 Å². The number of nitrogens with zero attached hydrogens (tertiary/aromatic N) is 1. The number of carbonyl (C=O) groups excluding carboxylic acids is 1. The second-order valence-corrected chi connectivity index (χ2v) is 6.55. The molecular formula is C18H14N2OS. The number of nitrogens with one attached hydrogen (secondary N) is 1. The molecule has 4 heteroatoms. The molecule has 1 atom stereocenters. The van der Waals surface area contributed by atoms with Crippen molar-refractivity contribution in [2.24, 2.45) is 0 Å². The van der Waals surface area contributed by atoms with Crippen molar-refractivity contribution in [2.45, 2.75) is 16.6 Å². The molecule has 0 radical (unpaired) electrons. The molecule has 0 unspecified atom stereocenters. The standard InChI is InChI=1S/C18H14N2OS/c21-18(17-10-12-4-1-2-7-16(12)22-17)20-15-6-3-5-13-11-19-9-8-14(13)15/h1-9,11,17H,10H2,(H,20,21)/t17-/m1/s1. The lowest BCUT2D eigenvalue weighted by Gasteiger charge is -2.12. The Balaban J connectivity index is 1.58. The quantitative estimate of drug-likeness (QED) is 0.781. The maximum absolute atomic E-state index is 12.6. The maximum atomic E-state index is 12.6. The Bertz CT molecular complexity index is 832. The smallest absolute Gasteiger partial charge is 0.238 e. The summed E-state index contributed by atoms with van der Waals surface area (Å²) in [6, 6.07) is 16.0. The molecular weight excluding hydrogens is 292 g/mol. The van der Waals surface area contributed by atoms with Gasteiger partial charge in [-0.25, -0.2) is 0 Å². The van der Waals surface area contributed by atoms with E-state index < -0.39 is 0 Å². The van der Waals surface area contributed by atoms with Crippen LogP contribution >= 0.6 is 11.8 Å². The minimum absolute atomic E-state index is 0.0607. The zero-order valence-electron chi connectivity index (χ0n) is 11.8. The first kappa shape index (κ1) is 13.3. The van der Waals surface area contributed by atoms with Gasteiger partial charge in [0.2, 0.25) is 5.91 Å². The molecule has 108 valence electrons. The van der Waals surface area contributed by atoms with Gasteiger partial charge in [-0.1, -0.05) is 30.3 Å². The van der Waals surface area contributed by atoms with E-state index in [9.17, 15) is 4.79 Å². The zero-order valence-corrected chi connectivity index (χ0v) is 12.6. The van der Waals surface area contributed by atoms with Crippen LogP contribution in [0.3, 0.4) is 0 Å². The molecule has 3 nitrogen and oxygen atoms in total. The molecule has 1 aromatic heterocycles. The Morgan fingerprint density at radius 3 is 2.95 bits per heavy atom. The number of pyridine rings is 1. The summed E-state index contributed by atoms with van der Waals surface area (Å²) >= 11 is 1.64. The number of hydrogen-bond donors (Lipinski definition) is 1. The van der Waals surface area contributed by atoms with Crippen LogP contribution in [0.25, 0.3) is 10.8 Å². The van der Waals surface area contributed by atoms with Crippen LogP contribution in [0.4, 0.5) is 5.69 Å². The molecule has 0 bridgehead atoms. The van der Waals surface area contributed by atoms with E-state index in [-0.39, 0.29) is 11.2 Å². The second-order valence-electron chi connectivity index (χ2n) is 5.31. The fourth-order valence-corrected chi connectivity index (χ4v) is 3.97. The summed E-state index contributed by atoms with van der Waals surface area (Å²) in [5.41, 5.74) is 2.11. The van der Waals surface area contributed by atoms with Crippen molar-refractivity contribution in [3.8, 4) is 0 Å². The Labute approximate surface area is 132 Å². The Hall–Kier alpha value is -2.33. The third-order valence-corrected chi connectivity index (χ3v) is 5.20. The van der Waals surface area contributed by atoms with E-state index in [0.717, 1.165) is 22.9 Å². The topological polar surface area (TPSA) is 42.0 Å². The lowest BCUT2D eigenvalue weighted by Crippen LogP contribution is -2.24. The van der Waals surface area contributed by atoms with Gasteiger partial charge in [-0.3, -0.25) is 9.78 Å². The fourth-order valence-electron chi connectivity index (χ4n) is 2.77. The first-order valence-electron chi connectivity index (χ1n) is 7.19.